The fraction of sp³-hybridized carbons (Fsp3) is 0.255. The fourth-order valence-corrected chi connectivity index (χ4v) is 9.58. The Kier molecular flexibility index (Phi) is 13.5. The van der Waals surface area contributed by atoms with Crippen molar-refractivity contribution in [2.75, 3.05) is 32.3 Å². The predicted molar refractivity (Wildman–Crippen MR) is 241 cm³/mol. The van der Waals surface area contributed by atoms with Gasteiger partial charge >= 0.3 is 30.0 Å². The number of nitro benzene ring substituents is 1. The number of morpholine rings is 1. The smallest absolute Gasteiger partial charge is 0.421 e. The van der Waals surface area contributed by atoms with Gasteiger partial charge in [-0.15, -0.1) is 0 Å². The van der Waals surface area contributed by atoms with Crippen LogP contribution >= 0.6 is 0 Å². The number of benzene rings is 5. The number of anilines is 1. The summed E-state index contributed by atoms with van der Waals surface area (Å²) < 4.78 is 27.3. The lowest BCUT2D eigenvalue weighted by atomic mass is 9.65. The first-order chi connectivity index (χ1) is 33.3. The van der Waals surface area contributed by atoms with Crippen LogP contribution in [-0.2, 0) is 54.9 Å². The minimum atomic E-state index is -2.36. The van der Waals surface area contributed by atoms with Crippen LogP contribution in [0.1, 0.15) is 58.0 Å². The van der Waals surface area contributed by atoms with Crippen molar-refractivity contribution >= 4 is 47.3 Å². The number of carbonyl (C=O) groups excluding carboxylic acids is 5. The van der Waals surface area contributed by atoms with Gasteiger partial charge in [-0.05, 0) is 70.3 Å². The Hall–Kier alpha value is -8.40. The molecule has 3 aliphatic heterocycles. The van der Waals surface area contributed by atoms with Gasteiger partial charge in [-0.3, -0.25) is 39.0 Å². The maximum absolute atomic E-state index is 16.1. The van der Waals surface area contributed by atoms with Crippen molar-refractivity contribution in [3.63, 3.8) is 0 Å². The highest BCUT2D eigenvalue weighted by Gasteiger charge is 2.76. The lowest BCUT2D eigenvalue weighted by Gasteiger charge is -2.46. The number of aliphatic hydroxyl groups is 1. The summed E-state index contributed by atoms with van der Waals surface area (Å²) in [5.74, 6) is -2.73. The molecule has 6 atom stereocenters. The number of amides is 2. The second kappa shape index (κ2) is 19.8. The molecule has 6 unspecified atom stereocenters. The number of nitro groups is 1. The molecule has 2 fully saturated rings. The number of hydrogen-bond donors (Lipinski definition) is 2. The third-order valence-electron chi connectivity index (χ3n) is 12.5. The molecule has 0 aliphatic carbocycles. The molecule has 5 aromatic carbocycles. The molecule has 2 N–H and O–H groups in total. The Morgan fingerprint density at radius 2 is 1.46 bits per heavy atom. The van der Waals surface area contributed by atoms with E-state index in [9.17, 15) is 44.3 Å². The van der Waals surface area contributed by atoms with Crippen LogP contribution < -0.4 is 9.64 Å². The van der Waals surface area contributed by atoms with Crippen LogP contribution in [0, 0.1) is 33.8 Å². The van der Waals surface area contributed by atoms with Crippen LogP contribution in [-0.4, -0.2) is 89.4 Å². The number of ether oxygens (including phenoxy) is 5. The molecule has 18 nitrogen and oxygen atoms in total. The molecule has 0 radical (unpaired) electrons. The van der Waals surface area contributed by atoms with E-state index in [0.717, 1.165) is 19.1 Å². The molecule has 0 bridgehead atoms. The number of aliphatic hydroxyl groups excluding tert-OH is 1. The molecule has 18 heteroatoms. The van der Waals surface area contributed by atoms with E-state index in [1.165, 1.54) is 42.5 Å². The molecular formula is C51H43N3O15. The van der Waals surface area contributed by atoms with Gasteiger partial charge in [0.05, 0.1) is 43.5 Å². The Labute approximate surface area is 394 Å². The number of rotatable bonds is 13. The summed E-state index contributed by atoms with van der Waals surface area (Å²) in [5.41, 5.74) is -0.673. The zero-order valence-electron chi connectivity index (χ0n) is 37.0. The molecule has 8 rings (SSSR count). The molecule has 0 aromatic heterocycles. The number of aliphatic carboxylic acids is 1. The molecule has 2 saturated heterocycles. The lowest BCUT2D eigenvalue weighted by Crippen LogP contribution is -2.53. The van der Waals surface area contributed by atoms with Crippen molar-refractivity contribution in [3.8, 4) is 17.6 Å². The first-order valence-corrected chi connectivity index (χ1v) is 21.5. The number of non-ortho nitro benzene ring substituents is 1. The topological polar surface area (TPSA) is 239 Å². The van der Waals surface area contributed by atoms with Crippen LogP contribution in [0.2, 0.25) is 0 Å². The minimum absolute atomic E-state index is 0.0210. The van der Waals surface area contributed by atoms with Crippen LogP contribution in [0.15, 0.2) is 127 Å². The summed E-state index contributed by atoms with van der Waals surface area (Å²) in [6, 6.07) is 29.7. The van der Waals surface area contributed by atoms with E-state index in [1.54, 1.807) is 89.8 Å². The van der Waals surface area contributed by atoms with Crippen LogP contribution in [0.3, 0.4) is 0 Å². The van der Waals surface area contributed by atoms with Gasteiger partial charge in [0.25, 0.3) is 5.69 Å². The van der Waals surface area contributed by atoms with E-state index in [0.29, 0.717) is 28.0 Å². The monoisotopic (exact) mass is 937 g/mol. The number of cyclic esters (lactones) is 1. The quantitative estimate of drug-likeness (QED) is 0.0356. The summed E-state index contributed by atoms with van der Waals surface area (Å²) >= 11 is 0. The van der Waals surface area contributed by atoms with Crippen molar-refractivity contribution in [2.24, 2.45) is 11.8 Å². The van der Waals surface area contributed by atoms with Crippen LogP contribution in [0.5, 0.6) is 5.75 Å². The molecule has 69 heavy (non-hydrogen) atoms. The summed E-state index contributed by atoms with van der Waals surface area (Å²) in [6.45, 7) is -0.788. The maximum Gasteiger partial charge on any atom is 0.421 e. The Morgan fingerprint density at radius 1 is 0.826 bits per heavy atom. The average molecular weight is 938 g/mol. The number of esters is 3. The van der Waals surface area contributed by atoms with Gasteiger partial charge in [-0.2, -0.15) is 0 Å². The highest BCUT2D eigenvalue weighted by molar-refractivity contribution is 6.23. The van der Waals surface area contributed by atoms with Gasteiger partial charge < -0.3 is 33.9 Å². The third-order valence-corrected chi connectivity index (χ3v) is 12.5. The van der Waals surface area contributed by atoms with E-state index < -0.39 is 88.9 Å². The van der Waals surface area contributed by atoms with Gasteiger partial charge in [0, 0.05) is 24.1 Å². The summed E-state index contributed by atoms with van der Waals surface area (Å²) in [4.78, 5) is 98.0. The standard InChI is InChI=1S/C51H43N3O15/c1-65-46(58)37(47(59)66-2)15-9-10-30-18-25-39-38(28-30)51(49(61)52(39)50(62)68-29-31-16-21-35(22-17-31)54(63)64)40(45(56)57)42-48(60)69-43(33-13-7-4-8-14-33)41(32-11-5-3-6-12-32)53(42)44(51)34-19-23-36(24-20-34)67-27-26-55/h3-8,11-14,16-25,28,37,40-44,55H,15,26-27,29H2,1-2H3,(H,56,57). The van der Waals surface area contributed by atoms with Gasteiger partial charge in [0.15, 0.2) is 5.92 Å². The van der Waals surface area contributed by atoms with E-state index in [-0.39, 0.29) is 42.1 Å². The molecule has 3 aliphatic rings. The lowest BCUT2D eigenvalue weighted by molar-refractivity contribution is -0.384. The van der Waals surface area contributed by atoms with Crippen LogP contribution in [0.4, 0.5) is 16.2 Å². The highest BCUT2D eigenvalue weighted by atomic mass is 16.6. The number of carboxylic acid groups (broad SMARTS) is 1. The van der Waals surface area contributed by atoms with Gasteiger partial charge in [-0.1, -0.05) is 84.6 Å². The molecule has 2 amide bonds. The minimum Gasteiger partial charge on any atom is -0.491 e. The number of carbonyl (C=O) groups is 6. The highest BCUT2D eigenvalue weighted by Crippen LogP contribution is 2.66. The first kappa shape index (κ1) is 47.1. The number of carboxylic acids is 1. The summed E-state index contributed by atoms with van der Waals surface area (Å²) in [6.07, 6.45) is -2.63. The van der Waals surface area contributed by atoms with E-state index >= 15 is 4.79 Å². The van der Waals surface area contributed by atoms with E-state index in [4.69, 9.17) is 23.7 Å². The maximum atomic E-state index is 16.1. The van der Waals surface area contributed by atoms with Crippen molar-refractivity contribution in [1.29, 1.82) is 0 Å². The Bertz CT molecular complexity index is 2850. The number of imide groups is 1. The largest absolute Gasteiger partial charge is 0.491 e. The number of nitrogens with zero attached hydrogens (tertiary/aromatic N) is 3. The van der Waals surface area contributed by atoms with Crippen molar-refractivity contribution in [1.82, 2.24) is 4.90 Å². The normalized spacial score (nSPS) is 21.3. The fourth-order valence-electron chi connectivity index (χ4n) is 9.58. The second-order valence-electron chi connectivity index (χ2n) is 16.2. The van der Waals surface area contributed by atoms with Crippen LogP contribution in [0.25, 0.3) is 0 Å². The third kappa shape index (κ3) is 8.60. The molecule has 0 saturated carbocycles. The molecule has 5 aromatic rings. The molecular weight excluding hydrogens is 895 g/mol. The predicted octanol–water partition coefficient (Wildman–Crippen LogP) is 5.76. The summed E-state index contributed by atoms with van der Waals surface area (Å²) in [7, 11) is 2.21. The Morgan fingerprint density at radius 3 is 2.06 bits per heavy atom. The molecule has 352 valence electrons. The number of hydrogen-bond acceptors (Lipinski definition) is 15. The summed E-state index contributed by atoms with van der Waals surface area (Å²) in [5, 5.41) is 32.4. The van der Waals surface area contributed by atoms with Crippen molar-refractivity contribution in [3.05, 3.63) is 171 Å². The van der Waals surface area contributed by atoms with E-state index in [2.05, 4.69) is 11.8 Å². The number of methoxy groups -OCH3 is 2. The first-order valence-electron chi connectivity index (χ1n) is 21.5. The number of fused-ring (bicyclic) bond motifs is 3. The van der Waals surface area contributed by atoms with Gasteiger partial charge in [0.2, 0.25) is 5.91 Å². The SMILES string of the molecule is COC(=O)C(CC#Cc1ccc2c(c1)C1(C(=O)N2C(=O)OCc2ccc([N+](=O)[O-])cc2)C(C(=O)O)C2C(=O)OC(c3ccccc3)C(c3ccccc3)N2C1c1ccc(OCCO)cc1)C(=O)OC. The van der Waals surface area contributed by atoms with Crippen molar-refractivity contribution < 1.29 is 67.6 Å². The molecule has 3 heterocycles. The molecule has 1 spiro atoms. The zero-order valence-corrected chi connectivity index (χ0v) is 37.0. The Balaban J connectivity index is 1.37. The van der Waals surface area contributed by atoms with Crippen molar-refractivity contribution in [2.45, 2.75) is 42.7 Å². The second-order valence-corrected chi connectivity index (χ2v) is 16.2. The van der Waals surface area contributed by atoms with Gasteiger partial charge in [0.1, 0.15) is 42.4 Å². The average Bonchev–Trinajstić information content (AvgIpc) is 3.83. The van der Waals surface area contributed by atoms with E-state index in [1.807, 2.05) is 0 Å². The zero-order chi connectivity index (χ0) is 49.0. The van der Waals surface area contributed by atoms with Gasteiger partial charge in [-0.25, -0.2) is 9.69 Å².